The van der Waals surface area contributed by atoms with Crippen molar-refractivity contribution in [3.63, 3.8) is 0 Å². The van der Waals surface area contributed by atoms with Gasteiger partial charge in [-0.3, -0.25) is 9.36 Å². The molecule has 1 heterocycles. The van der Waals surface area contributed by atoms with Crippen molar-refractivity contribution in [2.24, 2.45) is 5.92 Å². The van der Waals surface area contributed by atoms with Crippen LogP contribution in [0.5, 0.6) is 0 Å². The summed E-state index contributed by atoms with van der Waals surface area (Å²) >= 11 is 11.9. The third kappa shape index (κ3) is 3.28. The highest BCUT2D eigenvalue weighted by molar-refractivity contribution is 6.40. The molecule has 2 aromatic rings. The molecule has 0 unspecified atom stereocenters. The van der Waals surface area contributed by atoms with Gasteiger partial charge in [0.2, 0.25) is 5.91 Å². The third-order valence-electron chi connectivity index (χ3n) is 4.06. The molecule has 1 N–H and O–H groups in total. The second kappa shape index (κ2) is 6.71. The molecule has 0 atom stereocenters. The normalized spacial score (nSPS) is 15.7. The van der Waals surface area contributed by atoms with Crippen molar-refractivity contribution in [2.45, 2.75) is 32.1 Å². The minimum Gasteiger partial charge on any atom is -0.326 e. The summed E-state index contributed by atoms with van der Waals surface area (Å²) < 4.78 is 1.69. The Morgan fingerprint density at radius 2 is 1.82 bits per heavy atom. The van der Waals surface area contributed by atoms with Gasteiger partial charge in [0, 0.05) is 17.3 Å². The quantitative estimate of drug-likeness (QED) is 0.882. The van der Waals surface area contributed by atoms with Crippen LogP contribution in [-0.2, 0) is 4.79 Å². The monoisotopic (exact) mass is 337 g/mol. The molecule has 0 saturated heterocycles. The van der Waals surface area contributed by atoms with Crippen molar-refractivity contribution in [3.05, 3.63) is 40.9 Å². The van der Waals surface area contributed by atoms with E-state index in [2.05, 4.69) is 10.3 Å². The predicted octanol–water partition coefficient (Wildman–Crippen LogP) is 4.70. The minimum absolute atomic E-state index is 0.121. The van der Waals surface area contributed by atoms with E-state index < -0.39 is 0 Å². The Bertz CT molecular complexity index is 661. The van der Waals surface area contributed by atoms with Crippen LogP contribution in [0.15, 0.2) is 30.6 Å². The molecule has 1 aliphatic carbocycles. The molecule has 22 heavy (non-hydrogen) atoms. The Labute approximate surface area is 139 Å². The zero-order chi connectivity index (χ0) is 15.5. The molecule has 1 aromatic heterocycles. The second-order valence-electron chi connectivity index (χ2n) is 5.57. The van der Waals surface area contributed by atoms with Crippen LogP contribution in [0, 0.1) is 5.92 Å². The Kier molecular flexibility index (Phi) is 4.69. The summed E-state index contributed by atoms with van der Waals surface area (Å²) in [6.07, 6.45) is 7.10. The number of nitrogens with zero attached hydrogens (tertiary/aromatic N) is 2. The molecular formula is C16H17Cl2N3O. The van der Waals surface area contributed by atoms with Crippen LogP contribution in [0.3, 0.4) is 0 Å². The zero-order valence-corrected chi connectivity index (χ0v) is 13.6. The maximum atomic E-state index is 12.2. The fraction of sp³-hybridized carbons (Fsp3) is 0.375. The molecule has 0 bridgehead atoms. The lowest BCUT2D eigenvalue weighted by Crippen LogP contribution is -2.24. The second-order valence-corrected chi connectivity index (χ2v) is 6.28. The SMILES string of the molecule is O=C(Nc1ccc(-n2cnc(Cl)c2Cl)cc1)C1CCCCC1. The van der Waals surface area contributed by atoms with Crippen molar-refractivity contribution in [1.82, 2.24) is 9.55 Å². The number of halogens is 2. The van der Waals surface area contributed by atoms with E-state index in [1.165, 1.54) is 6.42 Å². The van der Waals surface area contributed by atoms with E-state index in [4.69, 9.17) is 23.2 Å². The number of rotatable bonds is 3. The van der Waals surface area contributed by atoms with Gasteiger partial charge >= 0.3 is 0 Å². The summed E-state index contributed by atoms with van der Waals surface area (Å²) in [5.74, 6) is 0.270. The number of aromatic nitrogens is 2. The van der Waals surface area contributed by atoms with Crippen LogP contribution >= 0.6 is 23.2 Å². The Balaban J connectivity index is 1.69. The average Bonchev–Trinajstić information content (AvgIpc) is 2.89. The highest BCUT2D eigenvalue weighted by Gasteiger charge is 2.21. The molecule has 3 rings (SSSR count). The van der Waals surface area contributed by atoms with Gasteiger partial charge in [-0.25, -0.2) is 4.98 Å². The van der Waals surface area contributed by atoms with Crippen LogP contribution < -0.4 is 5.32 Å². The van der Waals surface area contributed by atoms with E-state index in [1.54, 1.807) is 10.9 Å². The van der Waals surface area contributed by atoms with E-state index in [-0.39, 0.29) is 17.0 Å². The summed E-state index contributed by atoms with van der Waals surface area (Å²) in [5, 5.41) is 3.64. The van der Waals surface area contributed by atoms with Crippen molar-refractivity contribution in [2.75, 3.05) is 5.32 Å². The van der Waals surface area contributed by atoms with Crippen molar-refractivity contribution in [3.8, 4) is 5.69 Å². The number of hydrogen-bond acceptors (Lipinski definition) is 2. The molecule has 1 aliphatic rings. The van der Waals surface area contributed by atoms with Crippen LogP contribution in [0.1, 0.15) is 32.1 Å². The van der Waals surface area contributed by atoms with E-state index in [1.807, 2.05) is 24.3 Å². The largest absolute Gasteiger partial charge is 0.326 e. The number of nitrogens with one attached hydrogen (secondary N) is 1. The van der Waals surface area contributed by atoms with Crippen molar-refractivity contribution in [1.29, 1.82) is 0 Å². The van der Waals surface area contributed by atoms with E-state index in [9.17, 15) is 4.79 Å². The molecule has 116 valence electrons. The van der Waals surface area contributed by atoms with Gasteiger partial charge in [0.25, 0.3) is 0 Å². The number of carbonyl (C=O) groups excluding carboxylic acids is 1. The molecule has 4 nitrogen and oxygen atoms in total. The number of carbonyl (C=O) groups is 1. The van der Waals surface area contributed by atoms with Gasteiger partial charge in [0.1, 0.15) is 6.33 Å². The van der Waals surface area contributed by atoms with Crippen molar-refractivity contribution >= 4 is 34.8 Å². The van der Waals surface area contributed by atoms with Crippen LogP contribution in [0.25, 0.3) is 5.69 Å². The minimum atomic E-state index is 0.121. The summed E-state index contributed by atoms with van der Waals surface area (Å²) in [6, 6.07) is 7.47. The lowest BCUT2D eigenvalue weighted by atomic mass is 9.88. The van der Waals surface area contributed by atoms with Gasteiger partial charge in [0.05, 0.1) is 0 Å². The first-order valence-corrected chi connectivity index (χ1v) is 8.20. The maximum absolute atomic E-state index is 12.2. The van der Waals surface area contributed by atoms with E-state index in [0.29, 0.717) is 5.15 Å². The van der Waals surface area contributed by atoms with Crippen LogP contribution in [0.2, 0.25) is 10.3 Å². The molecule has 6 heteroatoms. The maximum Gasteiger partial charge on any atom is 0.227 e. The highest BCUT2D eigenvalue weighted by atomic mass is 35.5. The molecule has 0 spiro atoms. The first-order chi connectivity index (χ1) is 10.6. The lowest BCUT2D eigenvalue weighted by molar-refractivity contribution is -0.120. The van der Waals surface area contributed by atoms with Gasteiger partial charge in [-0.05, 0) is 37.1 Å². The highest BCUT2D eigenvalue weighted by Crippen LogP contribution is 2.26. The van der Waals surface area contributed by atoms with Gasteiger partial charge in [-0.15, -0.1) is 0 Å². The standard InChI is InChI=1S/C16H17Cl2N3O/c17-14-15(18)21(10-19-14)13-8-6-12(7-9-13)20-16(22)11-4-2-1-3-5-11/h6-11H,1-5H2,(H,20,22). The molecule has 0 aliphatic heterocycles. The summed E-state index contributed by atoms with van der Waals surface area (Å²) in [4.78, 5) is 16.2. The van der Waals surface area contributed by atoms with Crippen molar-refractivity contribution < 1.29 is 4.79 Å². The fourth-order valence-electron chi connectivity index (χ4n) is 2.81. The van der Waals surface area contributed by atoms with Gasteiger partial charge in [0.15, 0.2) is 10.3 Å². The summed E-state index contributed by atoms with van der Waals surface area (Å²) in [5.41, 5.74) is 1.64. The molecule has 1 saturated carbocycles. The topological polar surface area (TPSA) is 46.9 Å². The predicted molar refractivity (Wildman–Crippen MR) is 88.8 cm³/mol. The summed E-state index contributed by atoms with van der Waals surface area (Å²) in [7, 11) is 0. The molecule has 1 amide bonds. The van der Waals surface area contributed by atoms with E-state index >= 15 is 0 Å². The van der Waals surface area contributed by atoms with E-state index in [0.717, 1.165) is 37.1 Å². The number of hydrogen-bond donors (Lipinski definition) is 1. The average molecular weight is 338 g/mol. The Hall–Kier alpha value is -1.52. The molecule has 1 fully saturated rings. The van der Waals surface area contributed by atoms with Crippen LogP contribution in [0.4, 0.5) is 5.69 Å². The summed E-state index contributed by atoms with van der Waals surface area (Å²) in [6.45, 7) is 0. The number of imidazole rings is 1. The third-order valence-corrected chi connectivity index (χ3v) is 4.79. The molecular weight excluding hydrogens is 321 g/mol. The smallest absolute Gasteiger partial charge is 0.227 e. The van der Waals surface area contributed by atoms with Gasteiger partial charge < -0.3 is 5.32 Å². The number of anilines is 1. The zero-order valence-electron chi connectivity index (χ0n) is 12.1. The Morgan fingerprint density at radius 3 is 2.41 bits per heavy atom. The lowest BCUT2D eigenvalue weighted by Gasteiger charge is -2.20. The number of amides is 1. The fourth-order valence-corrected chi connectivity index (χ4v) is 3.13. The molecule has 0 radical (unpaired) electrons. The van der Waals surface area contributed by atoms with Crippen LogP contribution in [-0.4, -0.2) is 15.5 Å². The van der Waals surface area contributed by atoms with Gasteiger partial charge in [-0.2, -0.15) is 0 Å². The Morgan fingerprint density at radius 1 is 1.14 bits per heavy atom. The van der Waals surface area contributed by atoms with Gasteiger partial charge in [-0.1, -0.05) is 42.5 Å². The first kappa shape index (κ1) is 15.4. The number of benzene rings is 1. The molecule has 1 aromatic carbocycles. The first-order valence-electron chi connectivity index (χ1n) is 7.45.